The highest BCUT2D eigenvalue weighted by Gasteiger charge is 2.25. The van der Waals surface area contributed by atoms with Gasteiger partial charge in [0.1, 0.15) is 11.0 Å². The van der Waals surface area contributed by atoms with Gasteiger partial charge in [0.2, 0.25) is 0 Å². The SMILES string of the molecule is Cc1cn[nH]c1CC1CCCN(C(=O)c2ccc3n[nH]nc3c2)C1. The molecule has 0 aliphatic carbocycles. The number of hydrogen-bond donors (Lipinski definition) is 2. The monoisotopic (exact) mass is 324 g/mol. The summed E-state index contributed by atoms with van der Waals surface area (Å²) >= 11 is 0. The Morgan fingerprint density at radius 1 is 1.33 bits per heavy atom. The molecule has 1 unspecified atom stereocenters. The maximum Gasteiger partial charge on any atom is 0.253 e. The normalized spacial score (nSPS) is 18.2. The molecule has 0 spiro atoms. The number of H-pyrrole nitrogens is 2. The Bertz CT molecular complexity index is 867. The first-order valence-corrected chi connectivity index (χ1v) is 8.29. The van der Waals surface area contributed by atoms with Gasteiger partial charge in [-0.25, -0.2) is 0 Å². The second kappa shape index (κ2) is 6.07. The van der Waals surface area contributed by atoms with Gasteiger partial charge < -0.3 is 4.90 Å². The van der Waals surface area contributed by atoms with Crippen LogP contribution in [-0.4, -0.2) is 49.5 Å². The van der Waals surface area contributed by atoms with Crippen LogP contribution in [0.15, 0.2) is 24.4 Å². The van der Waals surface area contributed by atoms with E-state index >= 15 is 0 Å². The number of fused-ring (bicyclic) bond motifs is 1. The first-order chi connectivity index (χ1) is 11.7. The van der Waals surface area contributed by atoms with Crippen LogP contribution in [0.2, 0.25) is 0 Å². The van der Waals surface area contributed by atoms with Crippen LogP contribution in [0.4, 0.5) is 0 Å². The Balaban J connectivity index is 1.48. The molecule has 1 amide bonds. The molecule has 1 fully saturated rings. The fourth-order valence-electron chi connectivity index (χ4n) is 3.44. The van der Waals surface area contributed by atoms with Gasteiger partial charge in [0.25, 0.3) is 5.91 Å². The summed E-state index contributed by atoms with van der Waals surface area (Å²) < 4.78 is 0. The molecule has 2 aromatic heterocycles. The largest absolute Gasteiger partial charge is 0.338 e. The minimum Gasteiger partial charge on any atom is -0.338 e. The number of aromatic nitrogens is 5. The number of hydrogen-bond acceptors (Lipinski definition) is 4. The summed E-state index contributed by atoms with van der Waals surface area (Å²) in [7, 11) is 0. The lowest BCUT2D eigenvalue weighted by atomic mass is 9.92. The molecule has 1 saturated heterocycles. The van der Waals surface area contributed by atoms with Crippen molar-refractivity contribution in [3.63, 3.8) is 0 Å². The summed E-state index contributed by atoms with van der Waals surface area (Å²) in [6.07, 6.45) is 4.98. The Kier molecular flexibility index (Phi) is 3.76. The average molecular weight is 324 g/mol. The quantitative estimate of drug-likeness (QED) is 0.772. The van der Waals surface area contributed by atoms with E-state index in [0.717, 1.165) is 43.4 Å². The highest BCUT2D eigenvalue weighted by atomic mass is 16.2. The van der Waals surface area contributed by atoms with Crippen LogP contribution in [0.25, 0.3) is 11.0 Å². The molecule has 2 N–H and O–H groups in total. The molecular formula is C17H20N6O. The van der Waals surface area contributed by atoms with Crippen LogP contribution in [0.5, 0.6) is 0 Å². The summed E-state index contributed by atoms with van der Waals surface area (Å²) in [4.78, 5) is 14.8. The molecule has 1 aliphatic rings. The predicted molar refractivity (Wildman–Crippen MR) is 89.5 cm³/mol. The number of amides is 1. The van der Waals surface area contributed by atoms with E-state index in [1.54, 1.807) is 0 Å². The number of aryl methyl sites for hydroxylation is 1. The molecular weight excluding hydrogens is 304 g/mol. The summed E-state index contributed by atoms with van der Waals surface area (Å²) in [5.74, 6) is 0.545. The van der Waals surface area contributed by atoms with E-state index in [-0.39, 0.29) is 5.91 Å². The highest BCUT2D eigenvalue weighted by molar-refractivity contribution is 5.97. The van der Waals surface area contributed by atoms with Crippen LogP contribution in [-0.2, 0) is 6.42 Å². The molecule has 0 saturated carbocycles. The summed E-state index contributed by atoms with van der Waals surface area (Å²) in [6, 6.07) is 5.47. The first kappa shape index (κ1) is 14.9. The number of benzene rings is 1. The van der Waals surface area contributed by atoms with Crippen LogP contribution < -0.4 is 0 Å². The van der Waals surface area contributed by atoms with Crippen molar-refractivity contribution >= 4 is 16.9 Å². The number of carbonyl (C=O) groups excluding carboxylic acids is 1. The topological polar surface area (TPSA) is 90.6 Å². The third kappa shape index (κ3) is 2.77. The van der Waals surface area contributed by atoms with Crippen molar-refractivity contribution in [1.29, 1.82) is 0 Å². The maximum absolute atomic E-state index is 12.8. The third-order valence-corrected chi connectivity index (χ3v) is 4.80. The first-order valence-electron chi connectivity index (χ1n) is 8.29. The highest BCUT2D eigenvalue weighted by Crippen LogP contribution is 2.23. The lowest BCUT2D eigenvalue weighted by Gasteiger charge is -2.32. The van der Waals surface area contributed by atoms with Crippen molar-refractivity contribution in [3.05, 3.63) is 41.2 Å². The molecule has 3 aromatic rings. The van der Waals surface area contributed by atoms with Gasteiger partial charge in [-0.15, -0.1) is 0 Å². The minimum atomic E-state index is 0.0749. The van der Waals surface area contributed by atoms with Gasteiger partial charge in [-0.2, -0.15) is 20.5 Å². The van der Waals surface area contributed by atoms with Crippen LogP contribution in [0.1, 0.15) is 34.5 Å². The smallest absolute Gasteiger partial charge is 0.253 e. The van der Waals surface area contributed by atoms with E-state index in [0.29, 0.717) is 11.5 Å². The standard InChI is InChI=1S/C17H20N6O/c1-11-9-18-19-15(11)7-12-3-2-6-23(10-12)17(24)13-4-5-14-16(8-13)21-22-20-14/h4-5,8-9,12H,2-3,6-7,10H2,1H3,(H,18,19)(H,20,21,22). The van der Waals surface area contributed by atoms with Gasteiger partial charge in [0, 0.05) is 24.3 Å². The fourth-order valence-corrected chi connectivity index (χ4v) is 3.44. The number of aromatic amines is 2. The lowest BCUT2D eigenvalue weighted by Crippen LogP contribution is -2.40. The van der Waals surface area contributed by atoms with E-state index in [1.165, 1.54) is 11.3 Å². The van der Waals surface area contributed by atoms with E-state index < -0.39 is 0 Å². The Labute approximate surface area is 139 Å². The molecule has 3 heterocycles. The molecule has 1 atom stereocenters. The number of nitrogens with one attached hydrogen (secondary N) is 2. The third-order valence-electron chi connectivity index (χ3n) is 4.80. The zero-order valence-electron chi connectivity index (χ0n) is 13.6. The molecule has 7 nitrogen and oxygen atoms in total. The van der Waals surface area contributed by atoms with Gasteiger partial charge in [-0.1, -0.05) is 0 Å². The fraction of sp³-hybridized carbons (Fsp3) is 0.412. The lowest BCUT2D eigenvalue weighted by molar-refractivity contribution is 0.0673. The molecule has 0 radical (unpaired) electrons. The number of carbonyl (C=O) groups is 1. The summed E-state index contributed by atoms with van der Waals surface area (Å²) in [5.41, 5.74) is 4.54. The summed E-state index contributed by atoms with van der Waals surface area (Å²) in [5, 5.41) is 17.8. The van der Waals surface area contributed by atoms with E-state index in [1.807, 2.05) is 29.3 Å². The molecule has 1 aliphatic heterocycles. The van der Waals surface area contributed by atoms with Gasteiger partial charge in [0.05, 0.1) is 6.20 Å². The average Bonchev–Trinajstić information content (AvgIpc) is 3.23. The zero-order valence-corrected chi connectivity index (χ0v) is 13.6. The van der Waals surface area contributed by atoms with E-state index in [4.69, 9.17) is 0 Å². The molecule has 4 rings (SSSR count). The summed E-state index contributed by atoms with van der Waals surface area (Å²) in [6.45, 7) is 3.67. The van der Waals surface area contributed by atoms with Crippen molar-refractivity contribution in [1.82, 2.24) is 30.5 Å². The van der Waals surface area contributed by atoms with Crippen molar-refractivity contribution in [2.24, 2.45) is 5.92 Å². The number of likely N-dealkylation sites (tertiary alicyclic amines) is 1. The molecule has 7 heteroatoms. The maximum atomic E-state index is 12.8. The predicted octanol–water partition coefficient (Wildman–Crippen LogP) is 2.08. The van der Waals surface area contributed by atoms with Gasteiger partial charge >= 0.3 is 0 Å². The Morgan fingerprint density at radius 3 is 3.04 bits per heavy atom. The minimum absolute atomic E-state index is 0.0749. The molecule has 1 aromatic carbocycles. The van der Waals surface area contributed by atoms with Gasteiger partial charge in [-0.3, -0.25) is 9.89 Å². The van der Waals surface area contributed by atoms with Crippen molar-refractivity contribution in [2.45, 2.75) is 26.2 Å². The van der Waals surface area contributed by atoms with Crippen LogP contribution in [0, 0.1) is 12.8 Å². The number of piperidine rings is 1. The van der Waals surface area contributed by atoms with Crippen molar-refractivity contribution in [2.75, 3.05) is 13.1 Å². The molecule has 24 heavy (non-hydrogen) atoms. The van der Waals surface area contributed by atoms with Crippen molar-refractivity contribution in [3.8, 4) is 0 Å². The Hall–Kier alpha value is -2.70. The van der Waals surface area contributed by atoms with Gasteiger partial charge in [-0.05, 0) is 55.9 Å². The number of rotatable bonds is 3. The van der Waals surface area contributed by atoms with Crippen LogP contribution >= 0.6 is 0 Å². The second-order valence-electron chi connectivity index (χ2n) is 6.52. The second-order valence-corrected chi connectivity index (χ2v) is 6.52. The molecule has 124 valence electrons. The van der Waals surface area contributed by atoms with Gasteiger partial charge in [0.15, 0.2) is 0 Å². The van der Waals surface area contributed by atoms with E-state index in [2.05, 4.69) is 32.5 Å². The zero-order chi connectivity index (χ0) is 16.5. The van der Waals surface area contributed by atoms with Crippen molar-refractivity contribution < 1.29 is 4.79 Å². The van der Waals surface area contributed by atoms with E-state index in [9.17, 15) is 4.79 Å². The Morgan fingerprint density at radius 2 is 2.21 bits per heavy atom. The number of nitrogens with zero attached hydrogens (tertiary/aromatic N) is 4. The molecule has 0 bridgehead atoms. The van der Waals surface area contributed by atoms with Crippen LogP contribution in [0.3, 0.4) is 0 Å².